The molecule has 2 aromatic carbocycles. The molecular formula is C22H22N4. The minimum atomic E-state index is 0.684. The molecule has 0 atom stereocenters. The molecule has 3 rings (SSSR count). The molecule has 0 aliphatic heterocycles. The first kappa shape index (κ1) is 17.5. The zero-order chi connectivity index (χ0) is 18.4. The second kappa shape index (κ2) is 8.21. The van der Waals surface area contributed by atoms with E-state index >= 15 is 0 Å². The van der Waals surface area contributed by atoms with Gasteiger partial charge in [-0.3, -0.25) is 5.43 Å². The van der Waals surface area contributed by atoms with Crippen LogP contribution in [0.3, 0.4) is 0 Å². The van der Waals surface area contributed by atoms with Crippen LogP contribution in [0.5, 0.6) is 0 Å². The molecule has 0 radical (unpaired) electrons. The molecule has 0 saturated heterocycles. The Balaban J connectivity index is 1.98. The lowest BCUT2D eigenvalue weighted by Gasteiger charge is -2.12. The molecule has 4 nitrogen and oxygen atoms in total. The third-order valence-corrected chi connectivity index (χ3v) is 4.12. The number of allylic oxidation sites excluding steroid dienone is 1. The van der Waals surface area contributed by atoms with Gasteiger partial charge in [-0.2, -0.15) is 5.10 Å². The van der Waals surface area contributed by atoms with Gasteiger partial charge >= 0.3 is 0 Å². The lowest BCUT2D eigenvalue weighted by Crippen LogP contribution is -2.07. The fourth-order valence-corrected chi connectivity index (χ4v) is 2.67. The molecule has 4 heteroatoms. The van der Waals surface area contributed by atoms with Crippen LogP contribution < -0.4 is 5.43 Å². The number of rotatable bonds is 6. The van der Waals surface area contributed by atoms with Gasteiger partial charge in [-0.25, -0.2) is 9.97 Å². The van der Waals surface area contributed by atoms with Crippen LogP contribution in [0.2, 0.25) is 0 Å². The maximum absolute atomic E-state index is 4.71. The van der Waals surface area contributed by atoms with E-state index in [0.717, 1.165) is 28.1 Å². The van der Waals surface area contributed by atoms with Crippen molar-refractivity contribution in [3.63, 3.8) is 0 Å². The summed E-state index contributed by atoms with van der Waals surface area (Å²) < 4.78 is 0. The number of nitrogens with zero attached hydrogens (tertiary/aromatic N) is 3. The van der Waals surface area contributed by atoms with Crippen LogP contribution in [0.1, 0.15) is 23.7 Å². The quantitative estimate of drug-likeness (QED) is 0.389. The second-order valence-corrected chi connectivity index (χ2v) is 5.99. The van der Waals surface area contributed by atoms with Crippen molar-refractivity contribution in [3.8, 4) is 11.4 Å². The summed E-state index contributed by atoms with van der Waals surface area (Å²) in [7, 11) is 0. The number of benzene rings is 2. The summed E-state index contributed by atoms with van der Waals surface area (Å²) in [6, 6.07) is 20.0. The van der Waals surface area contributed by atoms with Gasteiger partial charge in [0.1, 0.15) is 0 Å². The van der Waals surface area contributed by atoms with Crippen LogP contribution in [0, 0.1) is 6.92 Å². The SMILES string of the molecule is C=CCc1c(C)nc(-c2ccccc2)nc1N/N=C(\C)c1ccccc1. The van der Waals surface area contributed by atoms with Gasteiger partial charge in [-0.1, -0.05) is 66.7 Å². The Bertz CT molecular complexity index is 916. The molecule has 0 aliphatic carbocycles. The van der Waals surface area contributed by atoms with Gasteiger partial charge in [0.25, 0.3) is 0 Å². The van der Waals surface area contributed by atoms with Crippen molar-refractivity contribution in [1.82, 2.24) is 9.97 Å². The van der Waals surface area contributed by atoms with E-state index in [1.165, 1.54) is 0 Å². The number of hydrazone groups is 1. The van der Waals surface area contributed by atoms with Crippen molar-refractivity contribution < 1.29 is 0 Å². The highest BCUT2D eigenvalue weighted by molar-refractivity contribution is 5.99. The standard InChI is InChI=1S/C22H22N4/c1-4-11-20-17(3)23-21(19-14-9-6-10-15-19)24-22(20)26-25-16(2)18-12-7-5-8-13-18/h4-10,12-15H,1,11H2,2-3H3,(H,23,24,26)/b25-16+. The monoisotopic (exact) mass is 342 g/mol. The number of aromatic nitrogens is 2. The van der Waals surface area contributed by atoms with Crippen LogP contribution in [-0.4, -0.2) is 15.7 Å². The third kappa shape index (κ3) is 4.03. The van der Waals surface area contributed by atoms with Gasteiger partial charge in [0.15, 0.2) is 11.6 Å². The minimum Gasteiger partial charge on any atom is -0.261 e. The highest BCUT2D eigenvalue weighted by Gasteiger charge is 2.12. The smallest absolute Gasteiger partial charge is 0.161 e. The molecule has 1 heterocycles. The first-order valence-electron chi connectivity index (χ1n) is 8.58. The largest absolute Gasteiger partial charge is 0.261 e. The molecule has 0 saturated carbocycles. The average Bonchev–Trinajstić information content (AvgIpc) is 2.69. The Morgan fingerprint density at radius 2 is 1.69 bits per heavy atom. The summed E-state index contributed by atoms with van der Waals surface area (Å²) in [5.74, 6) is 1.40. The van der Waals surface area contributed by atoms with E-state index in [1.54, 1.807) is 0 Å². The van der Waals surface area contributed by atoms with Gasteiger partial charge in [0, 0.05) is 16.8 Å². The maximum atomic E-state index is 4.71. The lowest BCUT2D eigenvalue weighted by atomic mass is 10.1. The summed E-state index contributed by atoms with van der Waals surface area (Å²) in [6.45, 7) is 7.81. The Labute approximate surface area is 154 Å². The molecular weight excluding hydrogens is 320 g/mol. The van der Waals surface area contributed by atoms with Crippen molar-refractivity contribution >= 4 is 11.5 Å². The number of nitrogens with one attached hydrogen (secondary N) is 1. The number of aryl methyl sites for hydroxylation is 1. The first-order chi connectivity index (χ1) is 12.7. The zero-order valence-electron chi connectivity index (χ0n) is 15.1. The van der Waals surface area contributed by atoms with E-state index in [4.69, 9.17) is 4.98 Å². The fourth-order valence-electron chi connectivity index (χ4n) is 2.67. The summed E-state index contributed by atoms with van der Waals surface area (Å²) in [6.07, 6.45) is 2.54. The zero-order valence-corrected chi connectivity index (χ0v) is 15.1. The molecule has 130 valence electrons. The van der Waals surface area contributed by atoms with E-state index in [-0.39, 0.29) is 0 Å². The normalized spacial score (nSPS) is 11.2. The van der Waals surface area contributed by atoms with Gasteiger partial charge in [-0.15, -0.1) is 6.58 Å². The van der Waals surface area contributed by atoms with Gasteiger partial charge < -0.3 is 0 Å². The van der Waals surface area contributed by atoms with E-state index in [9.17, 15) is 0 Å². The molecule has 0 bridgehead atoms. The van der Waals surface area contributed by atoms with E-state index in [1.807, 2.05) is 80.6 Å². The van der Waals surface area contributed by atoms with Gasteiger partial charge in [0.2, 0.25) is 0 Å². The number of anilines is 1. The summed E-state index contributed by atoms with van der Waals surface area (Å²) in [5.41, 5.74) is 8.01. The van der Waals surface area contributed by atoms with Crippen LogP contribution in [-0.2, 0) is 6.42 Å². The van der Waals surface area contributed by atoms with Crippen molar-refractivity contribution in [2.45, 2.75) is 20.3 Å². The molecule has 0 aliphatic rings. The van der Waals surface area contributed by atoms with Crippen molar-refractivity contribution in [1.29, 1.82) is 0 Å². The van der Waals surface area contributed by atoms with E-state index in [0.29, 0.717) is 18.1 Å². The molecule has 1 aromatic heterocycles. The first-order valence-corrected chi connectivity index (χ1v) is 8.58. The predicted molar refractivity (Wildman–Crippen MR) is 108 cm³/mol. The highest BCUT2D eigenvalue weighted by atomic mass is 15.3. The predicted octanol–water partition coefficient (Wildman–Crippen LogP) is 5.02. The molecule has 1 N–H and O–H groups in total. The van der Waals surface area contributed by atoms with E-state index < -0.39 is 0 Å². The Morgan fingerprint density at radius 3 is 2.35 bits per heavy atom. The van der Waals surface area contributed by atoms with Gasteiger partial charge in [-0.05, 0) is 25.8 Å². The Kier molecular flexibility index (Phi) is 5.54. The van der Waals surface area contributed by atoms with Crippen molar-refractivity contribution in [3.05, 3.63) is 90.1 Å². The van der Waals surface area contributed by atoms with Crippen molar-refractivity contribution in [2.24, 2.45) is 5.10 Å². The second-order valence-electron chi connectivity index (χ2n) is 5.99. The van der Waals surface area contributed by atoms with E-state index in [2.05, 4.69) is 22.1 Å². The van der Waals surface area contributed by atoms with Crippen molar-refractivity contribution in [2.75, 3.05) is 5.43 Å². The third-order valence-electron chi connectivity index (χ3n) is 4.12. The highest BCUT2D eigenvalue weighted by Crippen LogP contribution is 2.23. The molecule has 3 aromatic rings. The van der Waals surface area contributed by atoms with Crippen LogP contribution >= 0.6 is 0 Å². The van der Waals surface area contributed by atoms with Crippen LogP contribution in [0.15, 0.2) is 78.4 Å². The van der Waals surface area contributed by atoms with Crippen LogP contribution in [0.25, 0.3) is 11.4 Å². The van der Waals surface area contributed by atoms with Crippen LogP contribution in [0.4, 0.5) is 5.82 Å². The molecule has 0 amide bonds. The molecule has 0 fully saturated rings. The fraction of sp³-hybridized carbons (Fsp3) is 0.136. The molecule has 0 unspecified atom stereocenters. The number of hydrogen-bond donors (Lipinski definition) is 1. The van der Waals surface area contributed by atoms with Gasteiger partial charge in [0.05, 0.1) is 5.71 Å². The minimum absolute atomic E-state index is 0.684. The number of hydrogen-bond acceptors (Lipinski definition) is 4. The summed E-state index contributed by atoms with van der Waals surface area (Å²) >= 11 is 0. The summed E-state index contributed by atoms with van der Waals surface area (Å²) in [4.78, 5) is 9.37. The molecule has 0 spiro atoms. The average molecular weight is 342 g/mol. The maximum Gasteiger partial charge on any atom is 0.161 e. The Morgan fingerprint density at radius 1 is 1.04 bits per heavy atom. The summed E-state index contributed by atoms with van der Waals surface area (Å²) in [5, 5.41) is 4.53. The Hall–Kier alpha value is -3.27. The topological polar surface area (TPSA) is 50.2 Å². The molecule has 26 heavy (non-hydrogen) atoms. The lowest BCUT2D eigenvalue weighted by molar-refractivity contribution is 1.03.